The van der Waals surface area contributed by atoms with Gasteiger partial charge in [0, 0.05) is 18.3 Å². The highest BCUT2D eigenvalue weighted by Gasteiger charge is 2.31. The van der Waals surface area contributed by atoms with Crippen LogP contribution in [0.15, 0.2) is 0 Å². The lowest BCUT2D eigenvalue weighted by molar-refractivity contribution is -0.148. The first-order valence-corrected chi connectivity index (χ1v) is 4.41. The zero-order valence-corrected chi connectivity index (χ0v) is 8.12. The average molecular weight is 201 g/mol. The normalized spacial score (nSPS) is 13.0. The second kappa shape index (κ2) is 4.97. The van der Waals surface area contributed by atoms with Crippen molar-refractivity contribution >= 4 is 12.6 Å². The zero-order chi connectivity index (χ0) is 9.78. The van der Waals surface area contributed by atoms with E-state index in [1.54, 1.807) is 13.8 Å². The molecule has 0 fully saturated rings. The number of hydrogen-bond donors (Lipinski definition) is 1. The molecule has 0 bridgehead atoms. The van der Waals surface area contributed by atoms with Gasteiger partial charge < -0.3 is 0 Å². The van der Waals surface area contributed by atoms with E-state index in [9.17, 15) is 13.2 Å². The molecule has 0 spiro atoms. The summed E-state index contributed by atoms with van der Waals surface area (Å²) in [5, 5.41) is 0. The Bertz CT molecular complexity index is 124. The highest BCUT2D eigenvalue weighted by molar-refractivity contribution is 7.80. The minimum atomic E-state index is -4.10. The van der Waals surface area contributed by atoms with E-state index in [2.05, 4.69) is 12.6 Å². The van der Waals surface area contributed by atoms with E-state index >= 15 is 0 Å². The second-order valence-electron chi connectivity index (χ2n) is 2.90. The van der Waals surface area contributed by atoms with Crippen LogP contribution >= 0.6 is 12.6 Å². The summed E-state index contributed by atoms with van der Waals surface area (Å²) in [5.41, 5.74) is 0. The molecule has 0 aliphatic rings. The molecular formula is C7H14F3NS. The van der Waals surface area contributed by atoms with Crippen LogP contribution in [-0.2, 0) is 0 Å². The number of hydrogen-bond acceptors (Lipinski definition) is 2. The maximum absolute atomic E-state index is 11.9. The highest BCUT2D eigenvalue weighted by atomic mass is 32.1. The van der Waals surface area contributed by atoms with Crippen LogP contribution < -0.4 is 0 Å². The molecule has 0 aliphatic carbocycles. The van der Waals surface area contributed by atoms with Crippen LogP contribution in [0.5, 0.6) is 0 Å². The topological polar surface area (TPSA) is 3.24 Å². The van der Waals surface area contributed by atoms with E-state index in [1.165, 1.54) is 4.90 Å². The second-order valence-corrected chi connectivity index (χ2v) is 3.35. The fraction of sp³-hybridized carbons (Fsp3) is 1.00. The summed E-state index contributed by atoms with van der Waals surface area (Å²) in [6.07, 6.45) is -4.10. The van der Waals surface area contributed by atoms with Crippen LogP contribution in [0, 0.1) is 0 Å². The van der Waals surface area contributed by atoms with Crippen LogP contribution in [0.2, 0.25) is 0 Å². The lowest BCUT2D eigenvalue weighted by atomic mass is 10.3. The van der Waals surface area contributed by atoms with Gasteiger partial charge in [0.2, 0.25) is 0 Å². The molecule has 0 saturated heterocycles. The molecule has 5 heteroatoms. The molecule has 0 aliphatic heterocycles. The van der Waals surface area contributed by atoms with Crippen LogP contribution in [-0.4, -0.2) is 36.0 Å². The van der Waals surface area contributed by atoms with E-state index < -0.39 is 12.7 Å². The van der Waals surface area contributed by atoms with Crippen molar-refractivity contribution in [2.75, 3.05) is 18.8 Å². The molecule has 0 aromatic heterocycles. The minimum absolute atomic E-state index is 0.0845. The average Bonchev–Trinajstić information content (AvgIpc) is 1.83. The van der Waals surface area contributed by atoms with Crippen molar-refractivity contribution in [1.82, 2.24) is 4.90 Å². The molecule has 0 atom stereocenters. The number of rotatable bonds is 4. The summed E-state index contributed by atoms with van der Waals surface area (Å²) in [6.45, 7) is 3.02. The van der Waals surface area contributed by atoms with E-state index in [-0.39, 0.29) is 6.04 Å². The first-order valence-electron chi connectivity index (χ1n) is 3.78. The molecule has 0 amide bonds. The SMILES string of the molecule is CC(C)N(CCS)CC(F)(F)F. The summed E-state index contributed by atoms with van der Waals surface area (Å²) < 4.78 is 35.8. The van der Waals surface area contributed by atoms with Crippen molar-refractivity contribution in [3.63, 3.8) is 0 Å². The van der Waals surface area contributed by atoms with Crippen molar-refractivity contribution < 1.29 is 13.2 Å². The van der Waals surface area contributed by atoms with E-state index in [0.717, 1.165) is 0 Å². The van der Waals surface area contributed by atoms with Gasteiger partial charge in [-0.2, -0.15) is 25.8 Å². The number of thiol groups is 1. The molecule has 0 aromatic carbocycles. The fourth-order valence-electron chi connectivity index (χ4n) is 0.879. The van der Waals surface area contributed by atoms with Crippen molar-refractivity contribution in [2.45, 2.75) is 26.1 Å². The lowest BCUT2D eigenvalue weighted by Gasteiger charge is -2.26. The monoisotopic (exact) mass is 201 g/mol. The first-order chi connectivity index (χ1) is 5.37. The van der Waals surface area contributed by atoms with Crippen LogP contribution in [0.3, 0.4) is 0 Å². The molecule has 12 heavy (non-hydrogen) atoms. The third kappa shape index (κ3) is 5.71. The lowest BCUT2D eigenvalue weighted by Crippen LogP contribution is -2.40. The predicted octanol–water partition coefficient (Wildman–Crippen LogP) is 2.19. The Hall–Kier alpha value is 0.100. The third-order valence-electron chi connectivity index (χ3n) is 1.50. The van der Waals surface area contributed by atoms with Gasteiger partial charge in [-0.3, -0.25) is 4.90 Å². The van der Waals surface area contributed by atoms with Crippen LogP contribution in [0.25, 0.3) is 0 Å². The van der Waals surface area contributed by atoms with Crippen molar-refractivity contribution in [3.05, 3.63) is 0 Å². The Morgan fingerprint density at radius 3 is 2.08 bits per heavy atom. The Morgan fingerprint density at radius 2 is 1.83 bits per heavy atom. The summed E-state index contributed by atoms with van der Waals surface area (Å²) in [4.78, 5) is 1.35. The van der Waals surface area contributed by atoms with Crippen LogP contribution in [0.1, 0.15) is 13.8 Å². The molecule has 0 heterocycles. The Kier molecular flexibility index (Phi) is 5.01. The Labute approximate surface area is 76.3 Å². The van der Waals surface area contributed by atoms with Gasteiger partial charge in [-0.25, -0.2) is 0 Å². The molecule has 1 nitrogen and oxygen atoms in total. The molecule has 0 aromatic rings. The van der Waals surface area contributed by atoms with E-state index in [0.29, 0.717) is 12.3 Å². The smallest absolute Gasteiger partial charge is 0.292 e. The zero-order valence-electron chi connectivity index (χ0n) is 7.23. The molecular weight excluding hydrogens is 187 g/mol. The number of halogens is 3. The largest absolute Gasteiger partial charge is 0.401 e. The first kappa shape index (κ1) is 12.1. The Balaban J connectivity index is 3.95. The highest BCUT2D eigenvalue weighted by Crippen LogP contribution is 2.17. The van der Waals surface area contributed by atoms with Crippen molar-refractivity contribution in [2.24, 2.45) is 0 Å². The summed E-state index contributed by atoms with van der Waals surface area (Å²) in [6, 6.07) is -0.0845. The maximum Gasteiger partial charge on any atom is 0.401 e. The maximum atomic E-state index is 11.9. The van der Waals surface area contributed by atoms with Gasteiger partial charge in [-0.1, -0.05) is 0 Å². The van der Waals surface area contributed by atoms with Crippen molar-refractivity contribution in [1.29, 1.82) is 0 Å². The summed E-state index contributed by atoms with van der Waals surface area (Å²) in [5.74, 6) is 0.453. The Morgan fingerprint density at radius 1 is 1.33 bits per heavy atom. The van der Waals surface area contributed by atoms with Gasteiger partial charge >= 0.3 is 6.18 Å². The van der Waals surface area contributed by atoms with E-state index in [4.69, 9.17) is 0 Å². The van der Waals surface area contributed by atoms with Gasteiger partial charge in [0.25, 0.3) is 0 Å². The van der Waals surface area contributed by atoms with Gasteiger partial charge in [0.05, 0.1) is 6.54 Å². The molecule has 0 N–H and O–H groups in total. The predicted molar refractivity (Wildman–Crippen MR) is 46.6 cm³/mol. The summed E-state index contributed by atoms with van der Waals surface area (Å²) in [7, 11) is 0. The quantitative estimate of drug-likeness (QED) is 0.682. The number of nitrogens with zero attached hydrogens (tertiary/aromatic N) is 1. The number of alkyl halides is 3. The molecule has 0 radical (unpaired) electrons. The molecule has 0 unspecified atom stereocenters. The standard InChI is InChI=1S/C7H14F3NS/c1-6(2)11(3-4-12)5-7(8,9)10/h6,12H,3-5H2,1-2H3. The van der Waals surface area contributed by atoms with Gasteiger partial charge in [-0.05, 0) is 13.8 Å². The molecule has 74 valence electrons. The van der Waals surface area contributed by atoms with Gasteiger partial charge in [0.15, 0.2) is 0 Å². The molecule has 0 rings (SSSR count). The van der Waals surface area contributed by atoms with Gasteiger partial charge in [0.1, 0.15) is 0 Å². The minimum Gasteiger partial charge on any atom is -0.292 e. The summed E-state index contributed by atoms with van der Waals surface area (Å²) >= 11 is 3.90. The van der Waals surface area contributed by atoms with E-state index in [1.807, 2.05) is 0 Å². The molecule has 0 saturated carbocycles. The fourth-order valence-corrected chi connectivity index (χ4v) is 1.14. The third-order valence-corrected chi connectivity index (χ3v) is 1.70. The van der Waals surface area contributed by atoms with Crippen LogP contribution in [0.4, 0.5) is 13.2 Å². The van der Waals surface area contributed by atoms with Crippen molar-refractivity contribution in [3.8, 4) is 0 Å². The van der Waals surface area contributed by atoms with Gasteiger partial charge in [-0.15, -0.1) is 0 Å².